The Balaban J connectivity index is 3.73. The summed E-state index contributed by atoms with van der Waals surface area (Å²) in [7, 11) is 0. The molecule has 1 N–H and O–H groups in total. The predicted molar refractivity (Wildman–Crippen MR) is 65.7 cm³/mol. The Hall–Kier alpha value is -0.530. The van der Waals surface area contributed by atoms with Gasteiger partial charge in [0.1, 0.15) is 0 Å². The normalized spacial score (nSPS) is 12.4. The van der Waals surface area contributed by atoms with Crippen LogP contribution in [-0.2, 0) is 0 Å². The predicted octanol–water partition coefficient (Wildman–Crippen LogP) is 3.63. The summed E-state index contributed by atoms with van der Waals surface area (Å²) < 4.78 is 0. The van der Waals surface area contributed by atoms with Crippen molar-refractivity contribution in [3.63, 3.8) is 0 Å². The van der Waals surface area contributed by atoms with Gasteiger partial charge in [-0.1, -0.05) is 37.3 Å². The van der Waals surface area contributed by atoms with Gasteiger partial charge in [0, 0.05) is 5.03 Å². The fourth-order valence-electron chi connectivity index (χ4n) is 0.959. The minimum atomic E-state index is 0.751. The van der Waals surface area contributed by atoms with Crippen molar-refractivity contribution < 1.29 is 0 Å². The number of nitrogens with one attached hydrogen (secondary N) is 1. The highest BCUT2D eigenvalue weighted by Gasteiger charge is 1.97. The summed E-state index contributed by atoms with van der Waals surface area (Å²) in [6.07, 6.45) is 7.82. The maximum atomic E-state index is 6.01. The first-order valence-corrected chi connectivity index (χ1v) is 5.47. The summed E-state index contributed by atoms with van der Waals surface area (Å²) in [4.78, 5) is 0. The van der Waals surface area contributed by atoms with E-state index in [0.717, 1.165) is 36.5 Å². The Morgan fingerprint density at radius 3 is 2.71 bits per heavy atom. The molecule has 0 saturated heterocycles. The summed E-state index contributed by atoms with van der Waals surface area (Å²) in [5, 5.41) is 4.06. The zero-order chi connectivity index (χ0) is 10.8. The van der Waals surface area contributed by atoms with Crippen molar-refractivity contribution in [2.45, 2.75) is 26.7 Å². The van der Waals surface area contributed by atoms with Crippen molar-refractivity contribution in [2.24, 2.45) is 0 Å². The molecule has 14 heavy (non-hydrogen) atoms. The number of hydrogen-bond donors (Lipinski definition) is 1. The van der Waals surface area contributed by atoms with Gasteiger partial charge < -0.3 is 5.32 Å². The molecule has 0 atom stereocenters. The molecule has 0 aliphatic heterocycles. The van der Waals surface area contributed by atoms with Crippen molar-refractivity contribution >= 4 is 11.6 Å². The van der Waals surface area contributed by atoms with Crippen LogP contribution < -0.4 is 5.32 Å². The Labute approximate surface area is 92.5 Å². The van der Waals surface area contributed by atoms with Crippen LogP contribution in [0.5, 0.6) is 0 Å². The average Bonchev–Trinajstić information content (AvgIpc) is 2.20. The van der Waals surface area contributed by atoms with Crippen LogP contribution in [0.1, 0.15) is 26.7 Å². The topological polar surface area (TPSA) is 12.0 Å². The van der Waals surface area contributed by atoms with Gasteiger partial charge >= 0.3 is 0 Å². The molecule has 0 aromatic heterocycles. The molecule has 0 bridgehead atoms. The van der Waals surface area contributed by atoms with E-state index in [4.69, 9.17) is 11.6 Å². The van der Waals surface area contributed by atoms with Gasteiger partial charge in [-0.05, 0) is 44.5 Å². The lowest BCUT2D eigenvalue weighted by atomic mass is 10.2. The van der Waals surface area contributed by atoms with Gasteiger partial charge in [-0.25, -0.2) is 0 Å². The molecule has 2 heteroatoms. The van der Waals surface area contributed by atoms with Crippen molar-refractivity contribution in [2.75, 3.05) is 13.1 Å². The van der Waals surface area contributed by atoms with Gasteiger partial charge in [-0.3, -0.25) is 0 Å². The van der Waals surface area contributed by atoms with E-state index < -0.39 is 0 Å². The van der Waals surface area contributed by atoms with Crippen LogP contribution in [0.3, 0.4) is 0 Å². The third-order valence-electron chi connectivity index (χ3n) is 1.80. The Morgan fingerprint density at radius 1 is 1.43 bits per heavy atom. The minimum absolute atomic E-state index is 0.751. The molecule has 0 heterocycles. The van der Waals surface area contributed by atoms with E-state index in [1.54, 1.807) is 0 Å². The number of hydrogen-bond acceptors (Lipinski definition) is 1. The molecule has 0 fully saturated rings. The first-order valence-electron chi connectivity index (χ1n) is 5.09. The summed E-state index contributed by atoms with van der Waals surface area (Å²) in [5.74, 6) is 0. The monoisotopic (exact) mass is 213 g/mol. The standard InChI is InChI=1S/C12H20ClN/c1-4-6-7-12(13)11(3)8-10-14-9-5-2/h4,6-7,14H,3,5,8-10H2,1-2H3/b6-4-,12-7+. The highest BCUT2D eigenvalue weighted by atomic mass is 35.5. The maximum absolute atomic E-state index is 6.01. The zero-order valence-electron chi connectivity index (χ0n) is 9.15. The van der Waals surface area contributed by atoms with E-state index in [-0.39, 0.29) is 0 Å². The minimum Gasteiger partial charge on any atom is -0.316 e. The van der Waals surface area contributed by atoms with E-state index in [9.17, 15) is 0 Å². The van der Waals surface area contributed by atoms with Gasteiger partial charge in [-0.2, -0.15) is 0 Å². The van der Waals surface area contributed by atoms with Gasteiger partial charge in [0.05, 0.1) is 0 Å². The van der Waals surface area contributed by atoms with Crippen LogP contribution in [0, 0.1) is 0 Å². The van der Waals surface area contributed by atoms with Gasteiger partial charge in [0.2, 0.25) is 0 Å². The van der Waals surface area contributed by atoms with E-state index in [1.807, 2.05) is 25.2 Å². The molecular formula is C12H20ClN. The van der Waals surface area contributed by atoms with E-state index in [1.165, 1.54) is 0 Å². The third kappa shape index (κ3) is 6.93. The Morgan fingerprint density at radius 2 is 2.14 bits per heavy atom. The first kappa shape index (κ1) is 13.5. The molecule has 0 rings (SSSR count). The van der Waals surface area contributed by atoms with Gasteiger partial charge in [0.15, 0.2) is 0 Å². The lowest BCUT2D eigenvalue weighted by molar-refractivity contribution is 0.672. The molecule has 0 radical (unpaired) electrons. The molecule has 0 saturated carbocycles. The van der Waals surface area contributed by atoms with Crippen molar-refractivity contribution in [3.05, 3.63) is 35.4 Å². The average molecular weight is 214 g/mol. The Kier molecular flexibility index (Phi) is 8.70. The van der Waals surface area contributed by atoms with E-state index in [2.05, 4.69) is 18.8 Å². The van der Waals surface area contributed by atoms with Crippen LogP contribution in [0.2, 0.25) is 0 Å². The second kappa shape index (κ2) is 9.04. The van der Waals surface area contributed by atoms with Gasteiger partial charge in [0.25, 0.3) is 0 Å². The summed E-state index contributed by atoms with van der Waals surface area (Å²) in [6.45, 7) is 10.1. The summed E-state index contributed by atoms with van der Waals surface area (Å²) in [5.41, 5.74) is 0.994. The number of halogens is 1. The molecule has 0 aromatic rings. The molecule has 0 aliphatic carbocycles. The van der Waals surface area contributed by atoms with Crippen LogP contribution in [0.15, 0.2) is 35.4 Å². The molecule has 1 nitrogen and oxygen atoms in total. The van der Waals surface area contributed by atoms with Crippen molar-refractivity contribution in [1.29, 1.82) is 0 Å². The van der Waals surface area contributed by atoms with E-state index in [0.29, 0.717) is 0 Å². The Bertz CT molecular complexity index is 216. The second-order valence-corrected chi connectivity index (χ2v) is 3.55. The highest BCUT2D eigenvalue weighted by Crippen LogP contribution is 2.15. The second-order valence-electron chi connectivity index (χ2n) is 3.14. The number of allylic oxidation sites excluding steroid dienone is 4. The smallest absolute Gasteiger partial charge is 0.0432 e. The van der Waals surface area contributed by atoms with E-state index >= 15 is 0 Å². The lowest BCUT2D eigenvalue weighted by Crippen LogP contribution is -2.16. The number of rotatable bonds is 7. The van der Waals surface area contributed by atoms with Crippen LogP contribution >= 0.6 is 11.6 Å². The van der Waals surface area contributed by atoms with Crippen LogP contribution in [0.4, 0.5) is 0 Å². The first-order chi connectivity index (χ1) is 6.72. The lowest BCUT2D eigenvalue weighted by Gasteiger charge is -2.04. The fourth-order valence-corrected chi connectivity index (χ4v) is 1.13. The molecule has 80 valence electrons. The molecular weight excluding hydrogens is 194 g/mol. The largest absolute Gasteiger partial charge is 0.316 e. The van der Waals surface area contributed by atoms with Crippen LogP contribution in [0.25, 0.3) is 0 Å². The highest BCUT2D eigenvalue weighted by molar-refractivity contribution is 6.32. The van der Waals surface area contributed by atoms with Crippen LogP contribution in [-0.4, -0.2) is 13.1 Å². The molecule has 0 spiro atoms. The third-order valence-corrected chi connectivity index (χ3v) is 2.20. The summed E-state index contributed by atoms with van der Waals surface area (Å²) >= 11 is 6.01. The molecule has 0 amide bonds. The molecule has 0 aliphatic rings. The van der Waals surface area contributed by atoms with Gasteiger partial charge in [-0.15, -0.1) is 0 Å². The summed E-state index contributed by atoms with van der Waals surface area (Å²) in [6, 6.07) is 0. The van der Waals surface area contributed by atoms with Crippen molar-refractivity contribution in [3.8, 4) is 0 Å². The zero-order valence-corrected chi connectivity index (χ0v) is 9.90. The molecule has 0 aromatic carbocycles. The molecule has 0 unspecified atom stereocenters. The fraction of sp³-hybridized carbons (Fsp3) is 0.500. The maximum Gasteiger partial charge on any atom is 0.0432 e. The SMILES string of the molecule is C=C(CCNCCC)/C(Cl)=C\C=C/C. The van der Waals surface area contributed by atoms with Crippen molar-refractivity contribution in [1.82, 2.24) is 5.32 Å². The quantitative estimate of drug-likeness (QED) is 0.503.